The van der Waals surface area contributed by atoms with Crippen LogP contribution < -0.4 is 5.56 Å². The summed E-state index contributed by atoms with van der Waals surface area (Å²) in [5, 5.41) is 4.63. The van der Waals surface area contributed by atoms with Gasteiger partial charge < -0.3 is 4.90 Å². The zero-order valence-corrected chi connectivity index (χ0v) is 15.9. The normalized spacial score (nSPS) is 19.1. The SMILES string of the molecule is CCC(C(=O)N1CCC(n2nc(C3CC3)ccc2=O)CC1)c1ccccc1. The lowest BCUT2D eigenvalue weighted by molar-refractivity contribution is -0.134. The third-order valence-corrected chi connectivity index (χ3v) is 5.87. The van der Waals surface area contributed by atoms with E-state index in [9.17, 15) is 9.59 Å². The number of piperidine rings is 1. The van der Waals surface area contributed by atoms with Crippen LogP contribution in [-0.2, 0) is 4.79 Å². The van der Waals surface area contributed by atoms with Gasteiger partial charge >= 0.3 is 0 Å². The van der Waals surface area contributed by atoms with E-state index in [1.54, 1.807) is 10.7 Å². The molecule has 5 heteroatoms. The van der Waals surface area contributed by atoms with Gasteiger partial charge in [0.1, 0.15) is 0 Å². The molecule has 1 amide bonds. The van der Waals surface area contributed by atoms with Gasteiger partial charge in [-0.1, -0.05) is 37.3 Å². The maximum atomic E-state index is 13.0. The molecule has 2 heterocycles. The lowest BCUT2D eigenvalue weighted by Gasteiger charge is -2.34. The van der Waals surface area contributed by atoms with Crippen molar-refractivity contribution in [1.82, 2.24) is 14.7 Å². The second-order valence-electron chi connectivity index (χ2n) is 7.74. The maximum Gasteiger partial charge on any atom is 0.267 e. The van der Waals surface area contributed by atoms with Crippen molar-refractivity contribution < 1.29 is 4.79 Å². The molecule has 27 heavy (non-hydrogen) atoms. The van der Waals surface area contributed by atoms with E-state index >= 15 is 0 Å². The molecule has 0 bridgehead atoms. The van der Waals surface area contributed by atoms with Crippen molar-refractivity contribution in [2.75, 3.05) is 13.1 Å². The second-order valence-corrected chi connectivity index (χ2v) is 7.74. The third-order valence-electron chi connectivity index (χ3n) is 5.87. The Balaban J connectivity index is 1.43. The predicted molar refractivity (Wildman–Crippen MR) is 105 cm³/mol. The minimum absolute atomic E-state index is 0.0279. The minimum atomic E-state index is -0.0817. The molecule has 1 atom stereocenters. The first-order chi connectivity index (χ1) is 13.2. The molecule has 1 aliphatic heterocycles. The van der Waals surface area contributed by atoms with E-state index in [4.69, 9.17) is 0 Å². The van der Waals surface area contributed by atoms with Gasteiger partial charge in [0.15, 0.2) is 0 Å². The average Bonchev–Trinajstić information content (AvgIpc) is 3.55. The highest BCUT2D eigenvalue weighted by Crippen LogP contribution is 2.38. The summed E-state index contributed by atoms with van der Waals surface area (Å²) in [5.41, 5.74) is 2.10. The van der Waals surface area contributed by atoms with Crippen LogP contribution >= 0.6 is 0 Å². The number of likely N-dealkylation sites (tertiary alicyclic amines) is 1. The van der Waals surface area contributed by atoms with Gasteiger partial charge in [0.2, 0.25) is 5.91 Å². The molecule has 1 aromatic heterocycles. The molecule has 2 aromatic rings. The number of carbonyl (C=O) groups is 1. The van der Waals surface area contributed by atoms with E-state index < -0.39 is 0 Å². The number of hydrogen-bond acceptors (Lipinski definition) is 3. The van der Waals surface area contributed by atoms with Gasteiger partial charge in [-0.3, -0.25) is 9.59 Å². The predicted octanol–water partition coefficient (Wildman–Crippen LogP) is 3.48. The number of nitrogens with zero attached hydrogens (tertiary/aromatic N) is 3. The molecular formula is C22H27N3O2. The number of aromatic nitrogens is 2. The van der Waals surface area contributed by atoms with Crippen molar-refractivity contribution in [2.45, 2.75) is 56.9 Å². The number of carbonyl (C=O) groups excluding carboxylic acids is 1. The summed E-state index contributed by atoms with van der Waals surface area (Å²) in [5.74, 6) is 0.658. The fraction of sp³-hybridized carbons (Fsp3) is 0.500. The van der Waals surface area contributed by atoms with Crippen LogP contribution in [0.1, 0.15) is 68.2 Å². The molecule has 142 valence electrons. The molecule has 5 nitrogen and oxygen atoms in total. The van der Waals surface area contributed by atoms with Crippen LogP contribution in [0.15, 0.2) is 47.3 Å². The Morgan fingerprint density at radius 2 is 1.78 bits per heavy atom. The fourth-order valence-corrected chi connectivity index (χ4v) is 4.09. The van der Waals surface area contributed by atoms with Crippen LogP contribution in [0, 0.1) is 0 Å². The van der Waals surface area contributed by atoms with E-state index in [0.29, 0.717) is 19.0 Å². The van der Waals surface area contributed by atoms with E-state index in [0.717, 1.165) is 30.5 Å². The highest BCUT2D eigenvalue weighted by Gasteiger charge is 2.30. The Morgan fingerprint density at radius 1 is 1.07 bits per heavy atom. The molecule has 1 unspecified atom stereocenters. The van der Waals surface area contributed by atoms with Gasteiger partial charge in [0.05, 0.1) is 17.7 Å². The standard InChI is InChI=1S/C22H27N3O2/c1-2-19(16-6-4-3-5-7-16)22(27)24-14-12-18(13-15-24)25-21(26)11-10-20(23-25)17-8-9-17/h3-7,10-11,17-19H,2,8-9,12-15H2,1H3. The average molecular weight is 365 g/mol. The lowest BCUT2D eigenvalue weighted by Crippen LogP contribution is -2.43. The Bertz CT molecular complexity index is 849. The molecule has 1 aliphatic carbocycles. The van der Waals surface area contributed by atoms with Gasteiger partial charge in [0, 0.05) is 25.1 Å². The minimum Gasteiger partial charge on any atom is -0.342 e. The molecule has 4 rings (SSSR count). The summed E-state index contributed by atoms with van der Waals surface area (Å²) >= 11 is 0. The molecule has 0 radical (unpaired) electrons. The zero-order valence-electron chi connectivity index (χ0n) is 15.9. The second kappa shape index (κ2) is 7.67. The summed E-state index contributed by atoms with van der Waals surface area (Å²) in [6, 6.07) is 13.6. The van der Waals surface area contributed by atoms with Crippen LogP contribution in [0.4, 0.5) is 0 Å². The highest BCUT2D eigenvalue weighted by atomic mass is 16.2. The number of rotatable bonds is 5. The van der Waals surface area contributed by atoms with Gasteiger partial charge in [-0.25, -0.2) is 4.68 Å². The Kier molecular flexibility index (Phi) is 5.10. The van der Waals surface area contributed by atoms with Crippen molar-refractivity contribution in [1.29, 1.82) is 0 Å². The van der Waals surface area contributed by atoms with Crippen LogP contribution in [0.2, 0.25) is 0 Å². The molecule has 1 saturated carbocycles. The first kappa shape index (κ1) is 18.0. The van der Waals surface area contributed by atoms with Crippen molar-refractivity contribution in [3.63, 3.8) is 0 Å². The summed E-state index contributed by atoms with van der Waals surface area (Å²) in [6.07, 6.45) is 4.73. The fourth-order valence-electron chi connectivity index (χ4n) is 4.09. The lowest BCUT2D eigenvalue weighted by atomic mass is 9.93. The molecule has 0 N–H and O–H groups in total. The highest BCUT2D eigenvalue weighted by molar-refractivity contribution is 5.83. The first-order valence-electron chi connectivity index (χ1n) is 10.1. The van der Waals surface area contributed by atoms with Crippen LogP contribution in [0.25, 0.3) is 0 Å². The summed E-state index contributed by atoms with van der Waals surface area (Å²) < 4.78 is 1.67. The smallest absolute Gasteiger partial charge is 0.267 e. The molecule has 1 saturated heterocycles. The molecule has 1 aromatic carbocycles. The summed E-state index contributed by atoms with van der Waals surface area (Å²) in [4.78, 5) is 27.3. The molecule has 2 aliphatic rings. The van der Waals surface area contributed by atoms with Crippen molar-refractivity contribution in [3.8, 4) is 0 Å². The third kappa shape index (κ3) is 3.82. The topological polar surface area (TPSA) is 55.2 Å². The number of benzene rings is 1. The Labute approximate surface area is 160 Å². The molecule has 0 spiro atoms. The van der Waals surface area contributed by atoms with Gasteiger partial charge in [-0.15, -0.1) is 0 Å². The van der Waals surface area contributed by atoms with Gasteiger partial charge in [-0.05, 0) is 43.7 Å². The van der Waals surface area contributed by atoms with Crippen molar-refractivity contribution in [2.24, 2.45) is 0 Å². The monoisotopic (exact) mass is 365 g/mol. The summed E-state index contributed by atoms with van der Waals surface area (Å²) in [7, 11) is 0. The Hall–Kier alpha value is -2.43. The van der Waals surface area contributed by atoms with E-state index in [1.807, 2.05) is 41.3 Å². The number of amides is 1. The van der Waals surface area contributed by atoms with Gasteiger partial charge in [-0.2, -0.15) is 5.10 Å². The van der Waals surface area contributed by atoms with Crippen molar-refractivity contribution in [3.05, 3.63) is 64.1 Å². The molecule has 2 fully saturated rings. The maximum absolute atomic E-state index is 13.0. The largest absolute Gasteiger partial charge is 0.342 e. The number of hydrogen-bond donors (Lipinski definition) is 0. The quantitative estimate of drug-likeness (QED) is 0.815. The van der Waals surface area contributed by atoms with Crippen molar-refractivity contribution >= 4 is 5.91 Å². The van der Waals surface area contributed by atoms with Crippen LogP contribution in [-0.4, -0.2) is 33.7 Å². The Morgan fingerprint density at radius 3 is 2.41 bits per heavy atom. The first-order valence-corrected chi connectivity index (χ1v) is 10.1. The zero-order chi connectivity index (χ0) is 18.8. The van der Waals surface area contributed by atoms with E-state index in [2.05, 4.69) is 12.0 Å². The van der Waals surface area contributed by atoms with Gasteiger partial charge in [0.25, 0.3) is 5.56 Å². The van der Waals surface area contributed by atoms with E-state index in [1.165, 1.54) is 12.8 Å². The van der Waals surface area contributed by atoms with Crippen LogP contribution in [0.3, 0.4) is 0 Å². The summed E-state index contributed by atoms with van der Waals surface area (Å²) in [6.45, 7) is 3.44. The van der Waals surface area contributed by atoms with Crippen LogP contribution in [0.5, 0.6) is 0 Å². The van der Waals surface area contributed by atoms with E-state index in [-0.39, 0.29) is 23.4 Å². The molecular weight excluding hydrogens is 338 g/mol.